The summed E-state index contributed by atoms with van der Waals surface area (Å²) in [7, 11) is 0. The average molecular weight is 358 g/mol. The molecule has 0 aliphatic carbocycles. The number of rotatable bonds is 7. The highest BCUT2D eigenvalue weighted by Crippen LogP contribution is 2.31. The van der Waals surface area contributed by atoms with Crippen LogP contribution in [-0.2, 0) is 27.3 Å². The van der Waals surface area contributed by atoms with Crippen molar-refractivity contribution in [1.29, 1.82) is 5.26 Å². The van der Waals surface area contributed by atoms with Gasteiger partial charge in [-0.1, -0.05) is 30.3 Å². The maximum Gasteiger partial charge on any atom is 0.348 e. The normalized spacial score (nSPS) is 10.1. The van der Waals surface area contributed by atoms with Crippen molar-refractivity contribution in [3.63, 3.8) is 0 Å². The Kier molecular flexibility index (Phi) is 6.54. The van der Waals surface area contributed by atoms with Crippen molar-refractivity contribution in [2.75, 3.05) is 12.3 Å². The predicted molar refractivity (Wildman–Crippen MR) is 94.0 cm³/mol. The molecule has 0 atom stereocenters. The molecule has 2 N–H and O–H groups in total. The Balaban J connectivity index is 2.02. The lowest BCUT2D eigenvalue weighted by Gasteiger charge is -2.07. The van der Waals surface area contributed by atoms with Crippen molar-refractivity contribution < 1.29 is 19.1 Å². The Bertz CT molecular complexity index is 793. The van der Waals surface area contributed by atoms with Gasteiger partial charge in [-0.3, -0.25) is 4.79 Å². The summed E-state index contributed by atoms with van der Waals surface area (Å²) in [5.41, 5.74) is 7.27. The summed E-state index contributed by atoms with van der Waals surface area (Å²) in [6.45, 7) is 1.70. The highest BCUT2D eigenvalue weighted by molar-refractivity contribution is 7.18. The number of thiophene rings is 1. The van der Waals surface area contributed by atoms with Crippen LogP contribution in [0.5, 0.6) is 0 Å². The molecule has 0 bridgehead atoms. The van der Waals surface area contributed by atoms with Crippen LogP contribution in [0.4, 0.5) is 5.00 Å². The lowest BCUT2D eigenvalue weighted by atomic mass is 10.1. The number of ether oxygens (including phenoxy) is 2. The first-order valence-electron chi connectivity index (χ1n) is 7.74. The number of nitriles is 1. The van der Waals surface area contributed by atoms with Crippen molar-refractivity contribution in [2.45, 2.75) is 26.4 Å². The molecule has 2 rings (SSSR count). The number of esters is 2. The zero-order valence-electron chi connectivity index (χ0n) is 13.8. The summed E-state index contributed by atoms with van der Waals surface area (Å²) in [5.74, 6) is -0.983. The first-order chi connectivity index (χ1) is 12.1. The standard InChI is InChI=1S/C18H18N2O4S/c1-2-23-18(22)16-14(13(10-19)17(20)25-16)11-24-15(21)9-8-12-6-4-3-5-7-12/h3-7H,2,8-9,11,20H2,1H3. The minimum atomic E-state index is -0.573. The minimum Gasteiger partial charge on any atom is -0.462 e. The molecule has 2 aromatic rings. The third-order valence-corrected chi connectivity index (χ3v) is 4.49. The fourth-order valence-corrected chi connectivity index (χ4v) is 3.14. The lowest BCUT2D eigenvalue weighted by molar-refractivity contribution is -0.144. The van der Waals surface area contributed by atoms with E-state index in [1.165, 1.54) is 0 Å². The number of nitrogen functional groups attached to an aromatic ring is 1. The molecule has 0 fully saturated rings. The van der Waals surface area contributed by atoms with E-state index in [-0.39, 0.29) is 35.1 Å². The molecule has 6 nitrogen and oxygen atoms in total. The van der Waals surface area contributed by atoms with Crippen molar-refractivity contribution in [3.05, 3.63) is 51.9 Å². The molecule has 0 spiro atoms. The first kappa shape index (κ1) is 18.5. The first-order valence-corrected chi connectivity index (χ1v) is 8.56. The zero-order valence-corrected chi connectivity index (χ0v) is 14.6. The number of hydrogen-bond donors (Lipinski definition) is 1. The lowest BCUT2D eigenvalue weighted by Crippen LogP contribution is -2.10. The second-order valence-corrected chi connectivity index (χ2v) is 6.18. The Labute approximate surface area is 149 Å². The van der Waals surface area contributed by atoms with E-state index in [4.69, 9.17) is 15.2 Å². The number of hydrogen-bond acceptors (Lipinski definition) is 7. The Morgan fingerprint density at radius 3 is 2.60 bits per heavy atom. The predicted octanol–water partition coefficient (Wildman–Crippen LogP) is 3.05. The number of carbonyl (C=O) groups is 2. The smallest absolute Gasteiger partial charge is 0.348 e. The SMILES string of the molecule is CCOC(=O)c1sc(N)c(C#N)c1COC(=O)CCc1ccccc1. The van der Waals surface area contributed by atoms with Crippen LogP contribution >= 0.6 is 11.3 Å². The maximum absolute atomic E-state index is 12.0. The van der Waals surface area contributed by atoms with Gasteiger partial charge in [-0.25, -0.2) is 4.79 Å². The zero-order chi connectivity index (χ0) is 18.2. The fourth-order valence-electron chi connectivity index (χ4n) is 2.22. The third kappa shape index (κ3) is 4.81. The highest BCUT2D eigenvalue weighted by atomic mass is 32.1. The molecule has 0 saturated heterocycles. The third-order valence-electron chi connectivity index (χ3n) is 3.45. The van der Waals surface area contributed by atoms with E-state index in [2.05, 4.69) is 0 Å². The van der Waals surface area contributed by atoms with Gasteiger partial charge < -0.3 is 15.2 Å². The van der Waals surface area contributed by atoms with Gasteiger partial charge in [-0.15, -0.1) is 11.3 Å². The molecule has 0 amide bonds. The van der Waals surface area contributed by atoms with Gasteiger partial charge in [0, 0.05) is 12.0 Å². The molecule has 1 aromatic heterocycles. The van der Waals surface area contributed by atoms with Crippen LogP contribution in [0.1, 0.15) is 39.7 Å². The monoisotopic (exact) mass is 358 g/mol. The average Bonchev–Trinajstić information content (AvgIpc) is 2.94. The van der Waals surface area contributed by atoms with Gasteiger partial charge in [0.05, 0.1) is 12.2 Å². The van der Waals surface area contributed by atoms with Crippen molar-refractivity contribution in [3.8, 4) is 6.07 Å². The Morgan fingerprint density at radius 2 is 1.96 bits per heavy atom. The molecule has 130 valence electrons. The molecular weight excluding hydrogens is 340 g/mol. The van der Waals surface area contributed by atoms with E-state index in [0.29, 0.717) is 12.0 Å². The molecule has 7 heteroatoms. The van der Waals surface area contributed by atoms with Gasteiger partial charge in [0.15, 0.2) is 0 Å². The molecule has 0 unspecified atom stereocenters. The molecule has 0 aliphatic rings. The molecule has 25 heavy (non-hydrogen) atoms. The van der Waals surface area contributed by atoms with E-state index >= 15 is 0 Å². The molecular formula is C18H18N2O4S. The van der Waals surface area contributed by atoms with E-state index < -0.39 is 11.9 Å². The van der Waals surface area contributed by atoms with Crippen molar-refractivity contribution in [1.82, 2.24) is 0 Å². The van der Waals surface area contributed by atoms with Gasteiger partial charge in [0.25, 0.3) is 0 Å². The number of aryl methyl sites for hydroxylation is 1. The van der Waals surface area contributed by atoms with E-state index in [1.54, 1.807) is 6.92 Å². The van der Waals surface area contributed by atoms with Crippen LogP contribution in [0.2, 0.25) is 0 Å². The summed E-state index contributed by atoms with van der Waals surface area (Å²) >= 11 is 0.965. The summed E-state index contributed by atoms with van der Waals surface area (Å²) in [6, 6.07) is 11.5. The van der Waals surface area contributed by atoms with E-state index in [1.807, 2.05) is 36.4 Å². The van der Waals surface area contributed by atoms with E-state index in [9.17, 15) is 14.9 Å². The molecule has 1 heterocycles. The topological polar surface area (TPSA) is 102 Å². The van der Waals surface area contributed by atoms with Crippen LogP contribution < -0.4 is 5.73 Å². The van der Waals surface area contributed by atoms with Crippen LogP contribution in [-0.4, -0.2) is 18.5 Å². The fraction of sp³-hybridized carbons (Fsp3) is 0.278. The summed E-state index contributed by atoms with van der Waals surface area (Å²) < 4.78 is 10.2. The summed E-state index contributed by atoms with van der Waals surface area (Å²) in [5, 5.41) is 9.43. The van der Waals surface area contributed by atoms with Gasteiger partial charge in [-0.2, -0.15) is 5.26 Å². The molecule has 0 aliphatic heterocycles. The number of nitrogens with two attached hydrogens (primary N) is 1. The van der Waals surface area contributed by atoms with Gasteiger partial charge >= 0.3 is 11.9 Å². The van der Waals surface area contributed by atoms with Crippen LogP contribution in [0, 0.1) is 11.3 Å². The second kappa shape index (κ2) is 8.85. The molecule has 0 radical (unpaired) electrons. The van der Waals surface area contributed by atoms with Gasteiger partial charge in [0.1, 0.15) is 22.6 Å². The summed E-state index contributed by atoms with van der Waals surface area (Å²) in [6.07, 6.45) is 0.765. The highest BCUT2D eigenvalue weighted by Gasteiger charge is 2.23. The molecule has 0 saturated carbocycles. The van der Waals surface area contributed by atoms with Gasteiger partial charge in [-0.05, 0) is 18.9 Å². The number of anilines is 1. The second-order valence-electron chi connectivity index (χ2n) is 5.13. The van der Waals surface area contributed by atoms with Crippen LogP contribution in [0.15, 0.2) is 30.3 Å². The largest absolute Gasteiger partial charge is 0.462 e. The van der Waals surface area contributed by atoms with Crippen molar-refractivity contribution in [2.24, 2.45) is 0 Å². The van der Waals surface area contributed by atoms with E-state index in [0.717, 1.165) is 16.9 Å². The Morgan fingerprint density at radius 1 is 1.24 bits per heavy atom. The van der Waals surface area contributed by atoms with Gasteiger partial charge in [0.2, 0.25) is 0 Å². The number of carbonyl (C=O) groups excluding carboxylic acids is 2. The van der Waals surface area contributed by atoms with Crippen LogP contribution in [0.25, 0.3) is 0 Å². The number of nitrogens with zero attached hydrogens (tertiary/aromatic N) is 1. The van der Waals surface area contributed by atoms with Crippen molar-refractivity contribution >= 4 is 28.3 Å². The summed E-state index contributed by atoms with van der Waals surface area (Å²) in [4.78, 5) is 24.1. The maximum atomic E-state index is 12.0. The van der Waals surface area contributed by atoms with Crippen LogP contribution in [0.3, 0.4) is 0 Å². The minimum absolute atomic E-state index is 0.156. The Hall–Kier alpha value is -2.85. The number of benzene rings is 1. The quantitative estimate of drug-likeness (QED) is 0.763. The molecule has 1 aromatic carbocycles.